The van der Waals surface area contributed by atoms with Crippen LogP contribution in [0.3, 0.4) is 0 Å². The third kappa shape index (κ3) is 7.38. The molecule has 1 aromatic rings. The van der Waals surface area contributed by atoms with E-state index in [4.69, 9.17) is 4.99 Å². The van der Waals surface area contributed by atoms with Gasteiger partial charge in [-0.25, -0.2) is 9.98 Å². The number of halogens is 1. The number of anilines is 1. The molecule has 5 nitrogen and oxygen atoms in total. The van der Waals surface area contributed by atoms with Crippen molar-refractivity contribution in [2.24, 2.45) is 10.9 Å². The molecule has 0 aliphatic carbocycles. The summed E-state index contributed by atoms with van der Waals surface area (Å²) in [6.45, 7) is 11.4. The maximum absolute atomic E-state index is 4.69. The molecule has 25 heavy (non-hydrogen) atoms. The van der Waals surface area contributed by atoms with Gasteiger partial charge in [0.2, 0.25) is 0 Å². The predicted octanol–water partition coefficient (Wildman–Crippen LogP) is 3.79. The highest BCUT2D eigenvalue weighted by Crippen LogP contribution is 2.17. The average molecular weight is 459 g/mol. The summed E-state index contributed by atoms with van der Waals surface area (Å²) in [6, 6.07) is 4.27. The fourth-order valence-corrected chi connectivity index (χ4v) is 2.97. The second-order valence-corrected chi connectivity index (χ2v) is 6.48. The monoisotopic (exact) mass is 459 g/mol. The standard InChI is InChI=1S/C19H33N5.HI/c1-4-16(5-2)13-22-19(20-6-3)23-15-17-9-10-18(21-14-17)24-11-7-8-12-24;/h9-10,14,16H,4-8,11-13,15H2,1-3H3,(H2,20,22,23);1H. The molecule has 0 saturated carbocycles. The molecule has 0 amide bonds. The lowest BCUT2D eigenvalue weighted by atomic mass is 10.0. The predicted molar refractivity (Wildman–Crippen MR) is 118 cm³/mol. The number of nitrogens with zero attached hydrogens (tertiary/aromatic N) is 3. The number of rotatable bonds is 8. The zero-order valence-electron chi connectivity index (χ0n) is 15.9. The lowest BCUT2D eigenvalue weighted by Gasteiger charge is -2.17. The molecule has 2 heterocycles. The van der Waals surface area contributed by atoms with Crippen molar-refractivity contribution >= 4 is 35.8 Å². The minimum atomic E-state index is 0. The molecule has 1 aliphatic heterocycles. The van der Waals surface area contributed by atoms with E-state index in [1.165, 1.54) is 25.7 Å². The van der Waals surface area contributed by atoms with Crippen LogP contribution in [-0.2, 0) is 6.54 Å². The van der Waals surface area contributed by atoms with E-state index in [9.17, 15) is 0 Å². The smallest absolute Gasteiger partial charge is 0.191 e. The van der Waals surface area contributed by atoms with Gasteiger partial charge >= 0.3 is 0 Å². The molecule has 1 aliphatic rings. The largest absolute Gasteiger partial charge is 0.357 e. The van der Waals surface area contributed by atoms with Crippen LogP contribution in [0.4, 0.5) is 5.82 Å². The summed E-state index contributed by atoms with van der Waals surface area (Å²) in [5.74, 6) is 2.70. The molecule has 1 saturated heterocycles. The lowest BCUT2D eigenvalue weighted by molar-refractivity contribution is 0.481. The van der Waals surface area contributed by atoms with Crippen molar-refractivity contribution in [3.63, 3.8) is 0 Å². The molecule has 2 N–H and O–H groups in total. The Morgan fingerprint density at radius 1 is 1.16 bits per heavy atom. The Morgan fingerprint density at radius 2 is 1.88 bits per heavy atom. The first-order valence-corrected chi connectivity index (χ1v) is 9.48. The van der Waals surface area contributed by atoms with Gasteiger partial charge in [0.1, 0.15) is 5.82 Å². The van der Waals surface area contributed by atoms with Crippen LogP contribution in [-0.4, -0.2) is 37.1 Å². The zero-order valence-corrected chi connectivity index (χ0v) is 18.3. The van der Waals surface area contributed by atoms with Crippen molar-refractivity contribution in [2.75, 3.05) is 31.1 Å². The molecule has 0 aromatic carbocycles. The van der Waals surface area contributed by atoms with Crippen molar-refractivity contribution in [3.05, 3.63) is 23.9 Å². The molecular weight excluding hydrogens is 425 g/mol. The number of pyridine rings is 1. The van der Waals surface area contributed by atoms with Crippen LogP contribution < -0.4 is 15.5 Å². The van der Waals surface area contributed by atoms with Gasteiger partial charge < -0.3 is 15.5 Å². The Morgan fingerprint density at radius 3 is 2.44 bits per heavy atom. The Bertz CT molecular complexity index is 493. The van der Waals surface area contributed by atoms with E-state index < -0.39 is 0 Å². The van der Waals surface area contributed by atoms with Crippen LogP contribution in [0.5, 0.6) is 0 Å². The molecular formula is C19H34IN5. The van der Waals surface area contributed by atoms with Crippen LogP contribution in [0.2, 0.25) is 0 Å². The van der Waals surface area contributed by atoms with Crippen molar-refractivity contribution in [2.45, 2.75) is 53.0 Å². The van der Waals surface area contributed by atoms with Crippen molar-refractivity contribution in [1.82, 2.24) is 15.6 Å². The first-order valence-electron chi connectivity index (χ1n) is 9.48. The Labute approximate surface area is 170 Å². The molecule has 2 rings (SSSR count). The van der Waals surface area contributed by atoms with Gasteiger partial charge in [-0.2, -0.15) is 0 Å². The lowest BCUT2D eigenvalue weighted by Crippen LogP contribution is -2.39. The van der Waals surface area contributed by atoms with E-state index in [0.29, 0.717) is 12.5 Å². The molecule has 0 radical (unpaired) electrons. The van der Waals surface area contributed by atoms with Crippen LogP contribution >= 0.6 is 24.0 Å². The Hall–Kier alpha value is -1.05. The van der Waals surface area contributed by atoms with E-state index in [2.05, 4.69) is 53.4 Å². The maximum Gasteiger partial charge on any atom is 0.191 e. The van der Waals surface area contributed by atoms with Gasteiger partial charge in [-0.1, -0.05) is 32.8 Å². The molecule has 0 spiro atoms. The van der Waals surface area contributed by atoms with Gasteiger partial charge in [0.05, 0.1) is 6.54 Å². The minimum Gasteiger partial charge on any atom is -0.357 e. The Kier molecular flexibility index (Phi) is 10.8. The van der Waals surface area contributed by atoms with Crippen LogP contribution in [0.1, 0.15) is 52.0 Å². The number of nitrogens with one attached hydrogen (secondary N) is 2. The van der Waals surface area contributed by atoms with Crippen LogP contribution in [0.25, 0.3) is 0 Å². The molecule has 142 valence electrons. The Balaban J connectivity index is 0.00000312. The number of hydrogen-bond acceptors (Lipinski definition) is 3. The topological polar surface area (TPSA) is 52.6 Å². The first kappa shape index (κ1) is 22.0. The third-order valence-corrected chi connectivity index (χ3v) is 4.72. The molecule has 0 unspecified atom stereocenters. The van der Waals surface area contributed by atoms with Gasteiger partial charge in [0.15, 0.2) is 5.96 Å². The van der Waals surface area contributed by atoms with Gasteiger partial charge in [0, 0.05) is 32.4 Å². The van der Waals surface area contributed by atoms with Crippen LogP contribution in [0.15, 0.2) is 23.3 Å². The molecule has 6 heteroatoms. The quantitative estimate of drug-likeness (QED) is 0.353. The van der Waals surface area contributed by atoms with E-state index in [0.717, 1.165) is 43.5 Å². The highest BCUT2D eigenvalue weighted by Gasteiger charge is 2.12. The summed E-state index contributed by atoms with van der Waals surface area (Å²) in [5.41, 5.74) is 1.15. The van der Waals surface area contributed by atoms with E-state index in [1.54, 1.807) is 0 Å². The first-order chi connectivity index (χ1) is 11.8. The highest BCUT2D eigenvalue weighted by molar-refractivity contribution is 14.0. The second kappa shape index (κ2) is 12.3. The molecule has 1 fully saturated rings. The normalized spacial score (nSPS) is 14.6. The SMILES string of the molecule is CCNC(=NCc1ccc(N2CCCC2)nc1)NCC(CC)CC.I. The van der Waals surface area contributed by atoms with Gasteiger partial charge in [0.25, 0.3) is 0 Å². The van der Waals surface area contributed by atoms with Gasteiger partial charge in [-0.15, -0.1) is 24.0 Å². The number of aromatic nitrogens is 1. The maximum atomic E-state index is 4.69. The molecule has 1 aromatic heterocycles. The second-order valence-electron chi connectivity index (χ2n) is 6.48. The van der Waals surface area contributed by atoms with Crippen molar-refractivity contribution < 1.29 is 0 Å². The third-order valence-electron chi connectivity index (χ3n) is 4.72. The number of aliphatic imine (C=N–C) groups is 1. The summed E-state index contributed by atoms with van der Waals surface area (Å²) >= 11 is 0. The number of hydrogen-bond donors (Lipinski definition) is 2. The number of guanidine groups is 1. The average Bonchev–Trinajstić information content (AvgIpc) is 3.15. The van der Waals surface area contributed by atoms with E-state index >= 15 is 0 Å². The van der Waals surface area contributed by atoms with Crippen LogP contribution in [0, 0.1) is 5.92 Å². The van der Waals surface area contributed by atoms with Gasteiger partial charge in [-0.3, -0.25) is 0 Å². The summed E-state index contributed by atoms with van der Waals surface area (Å²) in [4.78, 5) is 11.6. The molecule has 0 bridgehead atoms. The fourth-order valence-electron chi connectivity index (χ4n) is 2.97. The van der Waals surface area contributed by atoms with Crippen molar-refractivity contribution in [3.8, 4) is 0 Å². The summed E-state index contributed by atoms with van der Waals surface area (Å²) < 4.78 is 0. The minimum absolute atomic E-state index is 0. The fraction of sp³-hybridized carbons (Fsp3) is 0.684. The highest BCUT2D eigenvalue weighted by atomic mass is 127. The summed E-state index contributed by atoms with van der Waals surface area (Å²) in [5, 5.41) is 6.78. The zero-order chi connectivity index (χ0) is 17.2. The summed E-state index contributed by atoms with van der Waals surface area (Å²) in [7, 11) is 0. The molecule has 0 atom stereocenters. The van der Waals surface area contributed by atoms with E-state index in [1.807, 2.05) is 6.20 Å². The van der Waals surface area contributed by atoms with Crippen molar-refractivity contribution in [1.29, 1.82) is 0 Å². The summed E-state index contributed by atoms with van der Waals surface area (Å²) in [6.07, 6.45) is 6.92. The van der Waals surface area contributed by atoms with E-state index in [-0.39, 0.29) is 24.0 Å². The van der Waals surface area contributed by atoms with Gasteiger partial charge in [-0.05, 0) is 37.3 Å².